The molecule has 0 radical (unpaired) electrons. The number of H-pyrrole nitrogens is 1. The van der Waals surface area contributed by atoms with Gasteiger partial charge >= 0.3 is 0 Å². The standard InChI is InChI=1S/C29H32N8O2/c1-4-39-29-31-25-12-7-11-24(28(38)30-17-8-18-36(2)3)26(25)37(29)19-20-13-15-21(16-14-20)22-9-5-6-10-23(22)27-32-34-35-33-27/h5-7,9-16H,4,8,17-19H2,1-3H3,(H,30,38)(H,32,33,34,35). The first kappa shape index (κ1) is 26.1. The van der Waals surface area contributed by atoms with Gasteiger partial charge in [0.2, 0.25) is 0 Å². The number of imidazole rings is 1. The van der Waals surface area contributed by atoms with Gasteiger partial charge in [0, 0.05) is 12.1 Å². The smallest absolute Gasteiger partial charge is 0.297 e. The molecule has 0 fully saturated rings. The van der Waals surface area contributed by atoms with Crippen molar-refractivity contribution < 1.29 is 9.53 Å². The summed E-state index contributed by atoms with van der Waals surface area (Å²) in [7, 11) is 4.05. The summed E-state index contributed by atoms with van der Waals surface area (Å²) in [6.45, 7) is 4.42. The number of hydrogen-bond donors (Lipinski definition) is 2. The van der Waals surface area contributed by atoms with Crippen LogP contribution >= 0.6 is 0 Å². The van der Waals surface area contributed by atoms with Gasteiger partial charge in [0.15, 0.2) is 5.82 Å². The number of nitrogens with one attached hydrogen (secondary N) is 2. The van der Waals surface area contributed by atoms with Gasteiger partial charge in [-0.1, -0.05) is 54.6 Å². The number of carbonyl (C=O) groups is 1. The Morgan fingerprint density at radius 2 is 1.82 bits per heavy atom. The molecule has 1 amide bonds. The van der Waals surface area contributed by atoms with Gasteiger partial charge in [-0.3, -0.25) is 9.36 Å². The molecule has 2 aromatic heterocycles. The molecule has 0 aliphatic heterocycles. The minimum Gasteiger partial charge on any atom is -0.465 e. The van der Waals surface area contributed by atoms with E-state index in [0.29, 0.717) is 37.1 Å². The van der Waals surface area contributed by atoms with Gasteiger partial charge in [-0.25, -0.2) is 5.10 Å². The second kappa shape index (κ2) is 11.9. The quantitative estimate of drug-likeness (QED) is 0.251. The average molecular weight is 525 g/mol. The summed E-state index contributed by atoms with van der Waals surface area (Å²) in [5, 5.41) is 17.4. The Balaban J connectivity index is 1.44. The Hall–Kier alpha value is -4.57. The highest BCUT2D eigenvalue weighted by molar-refractivity contribution is 6.05. The van der Waals surface area contributed by atoms with Crippen molar-refractivity contribution in [3.8, 4) is 28.5 Å². The lowest BCUT2D eigenvalue weighted by Gasteiger charge is -2.13. The molecule has 39 heavy (non-hydrogen) atoms. The summed E-state index contributed by atoms with van der Waals surface area (Å²) >= 11 is 0. The van der Waals surface area contributed by atoms with E-state index < -0.39 is 0 Å². The van der Waals surface area contributed by atoms with E-state index in [1.54, 1.807) is 0 Å². The number of aromatic nitrogens is 6. The van der Waals surface area contributed by atoms with Crippen LogP contribution in [-0.2, 0) is 6.54 Å². The highest BCUT2D eigenvalue weighted by Crippen LogP contribution is 2.31. The van der Waals surface area contributed by atoms with E-state index >= 15 is 0 Å². The Morgan fingerprint density at radius 3 is 2.54 bits per heavy atom. The molecule has 0 unspecified atom stereocenters. The van der Waals surface area contributed by atoms with Crippen LogP contribution in [0, 0.1) is 0 Å². The van der Waals surface area contributed by atoms with Gasteiger partial charge in [-0.15, -0.1) is 5.10 Å². The molecule has 2 heterocycles. The third-order valence-electron chi connectivity index (χ3n) is 6.45. The topological polar surface area (TPSA) is 114 Å². The zero-order chi connectivity index (χ0) is 27.2. The Kier molecular flexibility index (Phi) is 7.93. The van der Waals surface area contributed by atoms with Crippen LogP contribution < -0.4 is 10.1 Å². The first-order valence-electron chi connectivity index (χ1n) is 13.0. The number of para-hydroxylation sites is 1. The minimum atomic E-state index is -0.114. The number of carbonyl (C=O) groups excluding carboxylic acids is 1. The Morgan fingerprint density at radius 1 is 1.03 bits per heavy atom. The first-order valence-corrected chi connectivity index (χ1v) is 13.0. The van der Waals surface area contributed by atoms with Gasteiger partial charge in [0.05, 0.1) is 29.7 Å². The van der Waals surface area contributed by atoms with Gasteiger partial charge in [-0.05, 0) is 73.2 Å². The highest BCUT2D eigenvalue weighted by atomic mass is 16.5. The lowest BCUT2D eigenvalue weighted by atomic mass is 9.98. The number of fused-ring (bicyclic) bond motifs is 1. The van der Waals surface area contributed by atoms with Crippen LogP contribution in [-0.4, -0.2) is 74.8 Å². The molecule has 0 saturated heterocycles. The van der Waals surface area contributed by atoms with E-state index in [-0.39, 0.29) is 5.91 Å². The number of rotatable bonds is 11. The average Bonchev–Trinajstić information content (AvgIpc) is 3.60. The first-order chi connectivity index (χ1) is 19.0. The van der Waals surface area contributed by atoms with Crippen molar-refractivity contribution in [3.63, 3.8) is 0 Å². The summed E-state index contributed by atoms with van der Waals surface area (Å²) in [6, 6.07) is 22.4. The van der Waals surface area contributed by atoms with Crippen LogP contribution in [0.1, 0.15) is 29.3 Å². The highest BCUT2D eigenvalue weighted by Gasteiger charge is 2.19. The van der Waals surface area contributed by atoms with Gasteiger partial charge in [0.25, 0.3) is 11.9 Å². The van der Waals surface area contributed by atoms with E-state index in [4.69, 9.17) is 9.72 Å². The molecule has 0 spiro atoms. The van der Waals surface area contributed by atoms with Crippen molar-refractivity contribution in [1.29, 1.82) is 0 Å². The number of tetrazole rings is 1. The second-order valence-electron chi connectivity index (χ2n) is 9.49. The molecule has 0 saturated carbocycles. The lowest BCUT2D eigenvalue weighted by Crippen LogP contribution is -2.27. The number of aromatic amines is 1. The molecule has 0 atom stereocenters. The maximum Gasteiger partial charge on any atom is 0.297 e. The van der Waals surface area contributed by atoms with Gasteiger partial charge in [-0.2, -0.15) is 4.98 Å². The number of ether oxygens (including phenoxy) is 1. The van der Waals surface area contributed by atoms with Crippen molar-refractivity contribution in [2.45, 2.75) is 19.9 Å². The molecular formula is C29H32N8O2. The van der Waals surface area contributed by atoms with E-state index in [1.807, 2.05) is 68.1 Å². The van der Waals surface area contributed by atoms with Crippen LogP contribution in [0.4, 0.5) is 0 Å². The fourth-order valence-corrected chi connectivity index (χ4v) is 4.61. The summed E-state index contributed by atoms with van der Waals surface area (Å²) in [5.74, 6) is 0.505. The van der Waals surface area contributed by atoms with Crippen LogP contribution in [0.5, 0.6) is 6.01 Å². The van der Waals surface area contributed by atoms with Crippen LogP contribution in [0.2, 0.25) is 0 Å². The predicted molar refractivity (Wildman–Crippen MR) is 151 cm³/mol. The number of hydrogen-bond acceptors (Lipinski definition) is 7. The van der Waals surface area contributed by atoms with Crippen molar-refractivity contribution in [2.24, 2.45) is 0 Å². The molecule has 0 bridgehead atoms. The normalized spacial score (nSPS) is 11.3. The number of benzene rings is 3. The monoisotopic (exact) mass is 524 g/mol. The maximum atomic E-state index is 13.2. The molecule has 200 valence electrons. The van der Waals surface area contributed by atoms with E-state index in [2.05, 4.69) is 55.1 Å². The molecule has 3 aromatic carbocycles. The molecule has 5 rings (SSSR count). The number of amides is 1. The SMILES string of the molecule is CCOc1nc2cccc(C(=O)NCCCN(C)C)c2n1Cc1ccc(-c2ccccc2-c2nnn[nH]2)cc1. The van der Waals surface area contributed by atoms with Crippen molar-refractivity contribution in [3.05, 3.63) is 77.9 Å². The van der Waals surface area contributed by atoms with Crippen molar-refractivity contribution >= 4 is 16.9 Å². The third-order valence-corrected chi connectivity index (χ3v) is 6.45. The van der Waals surface area contributed by atoms with Crippen molar-refractivity contribution in [1.82, 2.24) is 40.4 Å². The molecule has 10 nitrogen and oxygen atoms in total. The van der Waals surface area contributed by atoms with Crippen LogP contribution in [0.25, 0.3) is 33.5 Å². The summed E-state index contributed by atoms with van der Waals surface area (Å²) < 4.78 is 7.88. The van der Waals surface area contributed by atoms with Crippen LogP contribution in [0.3, 0.4) is 0 Å². The van der Waals surface area contributed by atoms with Gasteiger partial charge in [0.1, 0.15) is 0 Å². The van der Waals surface area contributed by atoms with E-state index in [1.165, 1.54) is 0 Å². The molecular weight excluding hydrogens is 492 g/mol. The fourth-order valence-electron chi connectivity index (χ4n) is 4.61. The summed E-state index contributed by atoms with van der Waals surface area (Å²) in [6.07, 6.45) is 0.876. The largest absolute Gasteiger partial charge is 0.465 e. The lowest BCUT2D eigenvalue weighted by molar-refractivity contribution is 0.0953. The third kappa shape index (κ3) is 5.80. The zero-order valence-corrected chi connectivity index (χ0v) is 22.4. The van der Waals surface area contributed by atoms with E-state index in [9.17, 15) is 4.79 Å². The van der Waals surface area contributed by atoms with E-state index in [0.717, 1.165) is 46.3 Å². The van der Waals surface area contributed by atoms with Crippen molar-refractivity contribution in [2.75, 3.05) is 33.8 Å². The fraction of sp³-hybridized carbons (Fsp3) is 0.276. The Bertz CT molecular complexity index is 1540. The maximum absolute atomic E-state index is 13.2. The zero-order valence-electron chi connectivity index (χ0n) is 22.4. The summed E-state index contributed by atoms with van der Waals surface area (Å²) in [5.41, 5.74) is 6.13. The predicted octanol–water partition coefficient (Wildman–Crippen LogP) is 4.01. The molecule has 0 aliphatic carbocycles. The summed E-state index contributed by atoms with van der Waals surface area (Å²) in [4.78, 5) is 20.0. The minimum absolute atomic E-state index is 0.114. The number of nitrogens with zero attached hydrogens (tertiary/aromatic N) is 6. The molecule has 0 aliphatic rings. The van der Waals surface area contributed by atoms with Crippen LogP contribution in [0.15, 0.2) is 66.7 Å². The Labute approximate surface area is 227 Å². The molecule has 10 heteroatoms. The molecule has 5 aromatic rings. The second-order valence-corrected chi connectivity index (χ2v) is 9.49. The van der Waals surface area contributed by atoms with Gasteiger partial charge < -0.3 is 15.0 Å². The molecule has 2 N–H and O–H groups in total.